The van der Waals surface area contributed by atoms with E-state index in [-0.39, 0.29) is 29.9 Å². The summed E-state index contributed by atoms with van der Waals surface area (Å²) < 4.78 is 11.9. The highest BCUT2D eigenvalue weighted by molar-refractivity contribution is 5.96. The van der Waals surface area contributed by atoms with E-state index < -0.39 is 0 Å². The Morgan fingerprint density at radius 3 is 3.09 bits per heavy atom. The SMILES string of the molecule is COCCN1CCn2cc(C(=O)NCc3ccco3)nc2C1=O. The molecule has 2 amide bonds. The van der Waals surface area contributed by atoms with Crippen molar-refractivity contribution in [3.05, 3.63) is 41.9 Å². The van der Waals surface area contributed by atoms with Gasteiger partial charge in [-0.2, -0.15) is 0 Å². The van der Waals surface area contributed by atoms with E-state index in [9.17, 15) is 9.59 Å². The summed E-state index contributed by atoms with van der Waals surface area (Å²) in [5.41, 5.74) is 0.230. The van der Waals surface area contributed by atoms with Crippen LogP contribution in [-0.2, 0) is 17.8 Å². The predicted molar refractivity (Wildman–Crippen MR) is 79.9 cm³/mol. The predicted octanol–water partition coefficient (Wildman–Crippen LogP) is 0.508. The maximum absolute atomic E-state index is 12.3. The Morgan fingerprint density at radius 1 is 1.48 bits per heavy atom. The molecule has 23 heavy (non-hydrogen) atoms. The van der Waals surface area contributed by atoms with Crippen molar-refractivity contribution in [2.24, 2.45) is 0 Å². The lowest BCUT2D eigenvalue weighted by Gasteiger charge is -2.26. The van der Waals surface area contributed by atoms with Crippen LogP contribution < -0.4 is 5.32 Å². The summed E-state index contributed by atoms with van der Waals surface area (Å²) >= 11 is 0. The molecule has 0 fully saturated rings. The number of imidazole rings is 1. The molecule has 122 valence electrons. The molecule has 0 atom stereocenters. The van der Waals surface area contributed by atoms with Crippen LogP contribution in [0.5, 0.6) is 0 Å². The maximum atomic E-state index is 12.3. The Hall–Kier alpha value is -2.61. The number of rotatable bonds is 6. The second-order valence-electron chi connectivity index (χ2n) is 5.19. The lowest BCUT2D eigenvalue weighted by Crippen LogP contribution is -2.42. The van der Waals surface area contributed by atoms with Gasteiger partial charge in [0.1, 0.15) is 11.5 Å². The molecule has 0 radical (unpaired) electrons. The second kappa shape index (κ2) is 6.66. The van der Waals surface area contributed by atoms with Gasteiger partial charge in [0.2, 0.25) is 0 Å². The van der Waals surface area contributed by atoms with Crippen LogP contribution in [0, 0.1) is 0 Å². The summed E-state index contributed by atoms with van der Waals surface area (Å²) in [6.07, 6.45) is 3.16. The third-order valence-corrected chi connectivity index (χ3v) is 3.67. The number of carbonyl (C=O) groups excluding carboxylic acids is 2. The van der Waals surface area contributed by atoms with E-state index in [4.69, 9.17) is 9.15 Å². The molecule has 1 N–H and O–H groups in total. The lowest BCUT2D eigenvalue weighted by atomic mass is 10.3. The zero-order chi connectivity index (χ0) is 16.2. The van der Waals surface area contributed by atoms with Crippen molar-refractivity contribution in [1.29, 1.82) is 0 Å². The first-order valence-corrected chi connectivity index (χ1v) is 7.35. The third-order valence-electron chi connectivity index (χ3n) is 3.67. The quantitative estimate of drug-likeness (QED) is 0.838. The molecular weight excluding hydrogens is 300 g/mol. The molecule has 3 heterocycles. The number of nitrogens with zero attached hydrogens (tertiary/aromatic N) is 3. The van der Waals surface area contributed by atoms with Gasteiger partial charge in [-0.15, -0.1) is 0 Å². The van der Waals surface area contributed by atoms with Gasteiger partial charge in [0.05, 0.1) is 19.4 Å². The fourth-order valence-electron chi connectivity index (χ4n) is 2.42. The monoisotopic (exact) mass is 318 g/mol. The summed E-state index contributed by atoms with van der Waals surface area (Å²) in [7, 11) is 1.59. The molecule has 0 saturated heterocycles. The maximum Gasteiger partial charge on any atom is 0.290 e. The smallest absolute Gasteiger partial charge is 0.290 e. The van der Waals surface area contributed by atoms with Gasteiger partial charge in [-0.3, -0.25) is 9.59 Å². The van der Waals surface area contributed by atoms with Crippen molar-refractivity contribution >= 4 is 11.8 Å². The Labute approximate surface area is 133 Å². The number of hydrogen-bond donors (Lipinski definition) is 1. The van der Waals surface area contributed by atoms with Gasteiger partial charge >= 0.3 is 0 Å². The van der Waals surface area contributed by atoms with Crippen molar-refractivity contribution in [2.45, 2.75) is 13.1 Å². The molecule has 8 nitrogen and oxygen atoms in total. The minimum atomic E-state index is -0.334. The van der Waals surface area contributed by atoms with Gasteiger partial charge in [-0.25, -0.2) is 4.98 Å². The Bertz CT molecular complexity index is 692. The van der Waals surface area contributed by atoms with E-state index in [1.165, 1.54) is 0 Å². The normalized spacial score (nSPS) is 14.0. The van der Waals surface area contributed by atoms with Gasteiger partial charge in [0, 0.05) is 32.9 Å². The number of hydrogen-bond acceptors (Lipinski definition) is 5. The van der Waals surface area contributed by atoms with E-state index in [1.807, 2.05) is 0 Å². The topological polar surface area (TPSA) is 89.6 Å². The van der Waals surface area contributed by atoms with E-state index in [0.717, 1.165) is 0 Å². The molecule has 1 aliphatic heterocycles. The largest absolute Gasteiger partial charge is 0.467 e. The fraction of sp³-hybridized carbons (Fsp3) is 0.400. The minimum absolute atomic E-state index is 0.182. The summed E-state index contributed by atoms with van der Waals surface area (Å²) in [5.74, 6) is 0.428. The second-order valence-corrected chi connectivity index (χ2v) is 5.19. The van der Waals surface area contributed by atoms with Crippen molar-refractivity contribution in [3.8, 4) is 0 Å². The molecule has 0 bridgehead atoms. The zero-order valence-electron chi connectivity index (χ0n) is 12.8. The Kier molecular flexibility index (Phi) is 4.42. The summed E-state index contributed by atoms with van der Waals surface area (Å²) in [6.45, 7) is 2.47. The number of aromatic nitrogens is 2. The van der Waals surface area contributed by atoms with Crippen LogP contribution in [0.2, 0.25) is 0 Å². The number of amides is 2. The number of ether oxygens (including phenoxy) is 1. The standard InChI is InChI=1S/C15H18N4O4/c1-22-8-6-18-4-5-19-10-12(17-13(19)15(18)21)14(20)16-9-11-3-2-7-23-11/h2-3,7,10H,4-6,8-9H2,1H3,(H,16,20). The Morgan fingerprint density at radius 2 is 2.35 bits per heavy atom. The minimum Gasteiger partial charge on any atom is -0.467 e. The average molecular weight is 318 g/mol. The van der Waals surface area contributed by atoms with Gasteiger partial charge in [0.15, 0.2) is 5.82 Å². The first-order valence-electron chi connectivity index (χ1n) is 7.35. The molecule has 3 rings (SSSR count). The van der Waals surface area contributed by atoms with Crippen molar-refractivity contribution < 1.29 is 18.7 Å². The average Bonchev–Trinajstić information content (AvgIpc) is 3.21. The van der Waals surface area contributed by atoms with Crippen LogP contribution in [-0.4, -0.2) is 53.1 Å². The van der Waals surface area contributed by atoms with Crippen LogP contribution >= 0.6 is 0 Å². The highest BCUT2D eigenvalue weighted by Crippen LogP contribution is 2.13. The van der Waals surface area contributed by atoms with E-state index in [2.05, 4.69) is 10.3 Å². The van der Waals surface area contributed by atoms with Gasteiger partial charge < -0.3 is 23.9 Å². The lowest BCUT2D eigenvalue weighted by molar-refractivity contribution is 0.0633. The van der Waals surface area contributed by atoms with Crippen molar-refractivity contribution in [1.82, 2.24) is 19.8 Å². The van der Waals surface area contributed by atoms with Crippen LogP contribution in [0.15, 0.2) is 29.0 Å². The molecule has 0 spiro atoms. The first-order chi connectivity index (χ1) is 11.2. The molecule has 0 aromatic carbocycles. The van der Waals surface area contributed by atoms with Crippen LogP contribution in [0.25, 0.3) is 0 Å². The first kappa shape index (κ1) is 15.3. The molecule has 0 saturated carbocycles. The third kappa shape index (κ3) is 3.26. The number of nitrogens with one attached hydrogen (secondary N) is 1. The number of fused-ring (bicyclic) bond motifs is 1. The molecular formula is C15H18N4O4. The summed E-state index contributed by atoms with van der Waals surface area (Å²) in [4.78, 5) is 30.3. The van der Waals surface area contributed by atoms with Crippen LogP contribution in [0.4, 0.5) is 0 Å². The summed E-state index contributed by atoms with van der Waals surface area (Å²) in [5, 5.41) is 2.72. The van der Waals surface area contributed by atoms with E-state index >= 15 is 0 Å². The number of methoxy groups -OCH3 is 1. The highest BCUT2D eigenvalue weighted by atomic mass is 16.5. The number of furan rings is 1. The van der Waals surface area contributed by atoms with E-state index in [0.29, 0.717) is 32.0 Å². The van der Waals surface area contributed by atoms with Crippen LogP contribution in [0.1, 0.15) is 26.9 Å². The molecule has 1 aliphatic rings. The molecule has 8 heteroatoms. The molecule has 2 aromatic heterocycles. The van der Waals surface area contributed by atoms with Gasteiger partial charge in [0.25, 0.3) is 11.8 Å². The van der Waals surface area contributed by atoms with E-state index in [1.54, 1.807) is 41.2 Å². The number of carbonyl (C=O) groups is 2. The molecule has 2 aromatic rings. The van der Waals surface area contributed by atoms with Crippen LogP contribution in [0.3, 0.4) is 0 Å². The van der Waals surface area contributed by atoms with Gasteiger partial charge in [-0.05, 0) is 12.1 Å². The summed E-state index contributed by atoms with van der Waals surface area (Å²) in [6, 6.07) is 3.53. The molecule has 0 unspecified atom stereocenters. The van der Waals surface area contributed by atoms with Crippen molar-refractivity contribution in [2.75, 3.05) is 26.8 Å². The zero-order valence-corrected chi connectivity index (χ0v) is 12.8. The highest BCUT2D eigenvalue weighted by Gasteiger charge is 2.27. The van der Waals surface area contributed by atoms with Gasteiger partial charge in [-0.1, -0.05) is 0 Å². The molecule has 0 aliphatic carbocycles. The van der Waals surface area contributed by atoms with Crippen molar-refractivity contribution in [3.63, 3.8) is 0 Å². The Balaban J connectivity index is 1.67. The fourth-order valence-corrected chi connectivity index (χ4v) is 2.42.